The number of ketones is 1. The minimum atomic E-state index is -0.925. The van der Waals surface area contributed by atoms with Crippen molar-refractivity contribution in [3.63, 3.8) is 0 Å². The van der Waals surface area contributed by atoms with E-state index in [1.54, 1.807) is 51.4 Å². The monoisotopic (exact) mass is 481 g/mol. The normalized spacial score (nSPS) is 13.2. The highest BCUT2D eigenvalue weighted by atomic mass is 19.1. The number of benzene rings is 2. The molecule has 1 aliphatic rings. The van der Waals surface area contributed by atoms with Crippen molar-refractivity contribution in [1.29, 1.82) is 0 Å². The van der Waals surface area contributed by atoms with Crippen molar-refractivity contribution >= 4 is 23.4 Å². The number of hydrogen-bond donors (Lipinski definition) is 1. The van der Waals surface area contributed by atoms with Gasteiger partial charge in [-0.05, 0) is 50.2 Å². The number of Topliss-reactive ketones (excluding diaryl/α,β-unsaturated/α-hetero) is 1. The topological polar surface area (TPSA) is 72.8 Å². The zero-order valence-electron chi connectivity index (χ0n) is 20.4. The van der Waals surface area contributed by atoms with Crippen LogP contribution in [0.15, 0.2) is 72.5 Å². The van der Waals surface area contributed by atoms with E-state index in [9.17, 15) is 13.6 Å². The molecule has 0 atom stereocenters. The number of alkyl halides is 1. The smallest absolute Gasteiger partial charge is 0.230 e. The summed E-state index contributed by atoms with van der Waals surface area (Å²) in [7, 11) is 3.92. The number of carbonyl (C=O) groups excluding carboxylic acids is 1. The Labute approximate surface area is 204 Å². The van der Waals surface area contributed by atoms with Crippen LogP contribution in [-0.4, -0.2) is 43.4 Å². The summed E-state index contributed by atoms with van der Waals surface area (Å²) in [5, 5.41) is 6.94. The van der Waals surface area contributed by atoms with Crippen molar-refractivity contribution in [2.45, 2.75) is 19.4 Å². The van der Waals surface area contributed by atoms with Gasteiger partial charge >= 0.3 is 0 Å². The summed E-state index contributed by atoms with van der Waals surface area (Å²) in [5.74, 6) is 1.12. The molecule has 0 amide bonds. The molecule has 0 saturated heterocycles. The SMILES string of the molecule is C=Cc1ccccc1F.CF.CNc1ccc(-c2cc(C3=NOC(C)(C)C3=O)ccc2OC)cn1. The third-order valence-corrected chi connectivity index (χ3v) is 5.06. The molecule has 8 heteroatoms. The molecule has 1 aromatic heterocycles. The Morgan fingerprint density at radius 3 is 2.26 bits per heavy atom. The zero-order valence-corrected chi connectivity index (χ0v) is 20.4. The maximum atomic E-state index is 12.5. The van der Waals surface area contributed by atoms with Crippen molar-refractivity contribution in [3.05, 3.63) is 84.3 Å². The van der Waals surface area contributed by atoms with Gasteiger partial charge in [0.2, 0.25) is 5.78 Å². The number of carbonyl (C=O) groups is 1. The van der Waals surface area contributed by atoms with Crippen molar-refractivity contribution < 1.29 is 23.1 Å². The van der Waals surface area contributed by atoms with Crippen molar-refractivity contribution in [2.75, 3.05) is 26.7 Å². The fourth-order valence-electron chi connectivity index (χ4n) is 3.13. The number of rotatable bonds is 5. The van der Waals surface area contributed by atoms with Gasteiger partial charge in [-0.1, -0.05) is 36.0 Å². The van der Waals surface area contributed by atoms with Gasteiger partial charge in [-0.15, -0.1) is 0 Å². The van der Waals surface area contributed by atoms with Crippen LogP contribution in [0.1, 0.15) is 25.0 Å². The fourth-order valence-corrected chi connectivity index (χ4v) is 3.13. The van der Waals surface area contributed by atoms with Gasteiger partial charge in [0.15, 0.2) is 11.3 Å². The van der Waals surface area contributed by atoms with Crippen LogP contribution in [0, 0.1) is 5.82 Å². The maximum absolute atomic E-state index is 12.5. The van der Waals surface area contributed by atoms with Crippen LogP contribution in [0.5, 0.6) is 5.75 Å². The van der Waals surface area contributed by atoms with E-state index < -0.39 is 5.60 Å². The van der Waals surface area contributed by atoms with Gasteiger partial charge in [-0.25, -0.2) is 9.37 Å². The van der Waals surface area contributed by atoms with Crippen molar-refractivity contribution in [1.82, 2.24) is 4.98 Å². The lowest BCUT2D eigenvalue weighted by atomic mass is 9.94. The molecule has 184 valence electrons. The summed E-state index contributed by atoms with van der Waals surface area (Å²) in [6.07, 6.45) is 3.25. The number of anilines is 1. The molecule has 0 spiro atoms. The van der Waals surface area contributed by atoms with Gasteiger partial charge in [-0.3, -0.25) is 9.18 Å². The number of hydrogen-bond acceptors (Lipinski definition) is 6. The number of nitrogens with one attached hydrogen (secondary N) is 1. The predicted octanol–water partition coefficient (Wildman–Crippen LogP) is 5.94. The standard InChI is InChI=1S/C18H19N3O3.C8H7F.CH3F/c1-18(2)17(22)16(21-24-18)11-5-7-14(23-4)13(9-11)12-6-8-15(19-3)20-10-12;1-2-7-5-3-4-6-8(7)9;1-2/h5-10H,1-4H3,(H,19,20);2-6H,1H2;1H3. The maximum Gasteiger partial charge on any atom is 0.230 e. The summed E-state index contributed by atoms with van der Waals surface area (Å²) in [6, 6.07) is 15.8. The van der Waals surface area contributed by atoms with Gasteiger partial charge in [0.25, 0.3) is 0 Å². The number of ether oxygens (including phenoxy) is 1. The second kappa shape index (κ2) is 12.4. The van der Waals surface area contributed by atoms with Crippen LogP contribution in [-0.2, 0) is 9.63 Å². The Kier molecular flexibility index (Phi) is 9.64. The fraction of sp³-hybridized carbons (Fsp3) is 0.222. The first kappa shape index (κ1) is 27.2. The van der Waals surface area contributed by atoms with Crippen LogP contribution in [0.3, 0.4) is 0 Å². The second-order valence-corrected chi connectivity index (χ2v) is 7.69. The van der Waals surface area contributed by atoms with E-state index in [2.05, 4.69) is 22.0 Å². The third kappa shape index (κ3) is 6.50. The molecule has 0 saturated carbocycles. The van der Waals surface area contributed by atoms with E-state index in [-0.39, 0.29) is 11.6 Å². The molecule has 0 fully saturated rings. The number of aromatic nitrogens is 1. The number of halogens is 2. The van der Waals surface area contributed by atoms with E-state index in [0.29, 0.717) is 29.8 Å². The van der Waals surface area contributed by atoms with E-state index in [0.717, 1.165) is 16.9 Å². The molecular formula is C27H29F2N3O3. The lowest BCUT2D eigenvalue weighted by Crippen LogP contribution is -2.33. The molecule has 4 rings (SSSR count). The number of methoxy groups -OCH3 is 1. The highest BCUT2D eigenvalue weighted by Gasteiger charge is 2.40. The summed E-state index contributed by atoms with van der Waals surface area (Å²) >= 11 is 0. The van der Waals surface area contributed by atoms with E-state index in [1.165, 1.54) is 12.1 Å². The van der Waals surface area contributed by atoms with Crippen LogP contribution in [0.2, 0.25) is 0 Å². The average molecular weight is 482 g/mol. The molecule has 0 bridgehead atoms. The summed E-state index contributed by atoms with van der Waals surface area (Å²) in [5.41, 5.74) is 2.37. The van der Waals surface area contributed by atoms with Crippen LogP contribution < -0.4 is 10.1 Å². The van der Waals surface area contributed by atoms with Crippen molar-refractivity contribution in [3.8, 4) is 16.9 Å². The first-order valence-corrected chi connectivity index (χ1v) is 10.7. The van der Waals surface area contributed by atoms with E-state index in [4.69, 9.17) is 9.57 Å². The lowest BCUT2D eigenvalue weighted by molar-refractivity contribution is -0.128. The van der Waals surface area contributed by atoms with Crippen LogP contribution in [0.25, 0.3) is 17.2 Å². The second-order valence-electron chi connectivity index (χ2n) is 7.69. The quantitative estimate of drug-likeness (QED) is 0.489. The van der Waals surface area contributed by atoms with Crippen molar-refractivity contribution in [2.24, 2.45) is 5.16 Å². The Morgan fingerprint density at radius 1 is 1.09 bits per heavy atom. The Hall–Kier alpha value is -4.07. The average Bonchev–Trinajstić information content (AvgIpc) is 3.17. The minimum Gasteiger partial charge on any atom is -0.496 e. The highest BCUT2D eigenvalue weighted by Crippen LogP contribution is 2.32. The third-order valence-electron chi connectivity index (χ3n) is 5.06. The Balaban J connectivity index is 0.000000329. The van der Waals surface area contributed by atoms with Gasteiger partial charge in [0.1, 0.15) is 17.4 Å². The Morgan fingerprint density at radius 2 is 1.77 bits per heavy atom. The van der Waals surface area contributed by atoms with Gasteiger partial charge in [-0.2, -0.15) is 0 Å². The van der Waals surface area contributed by atoms with Crippen LogP contribution >= 0.6 is 0 Å². The van der Waals surface area contributed by atoms with Gasteiger partial charge in [0.05, 0.1) is 14.3 Å². The number of oxime groups is 1. The minimum absolute atomic E-state index is 0.137. The molecule has 0 aliphatic carbocycles. The molecule has 6 nitrogen and oxygen atoms in total. The number of nitrogens with zero attached hydrogens (tertiary/aromatic N) is 2. The molecule has 0 radical (unpaired) electrons. The Bertz CT molecular complexity index is 1190. The highest BCUT2D eigenvalue weighted by molar-refractivity contribution is 6.49. The van der Waals surface area contributed by atoms with E-state index in [1.807, 2.05) is 31.3 Å². The molecule has 2 heterocycles. The van der Waals surface area contributed by atoms with Gasteiger partial charge < -0.3 is 14.9 Å². The first-order chi connectivity index (χ1) is 16.8. The molecule has 3 aromatic rings. The summed E-state index contributed by atoms with van der Waals surface area (Å²) in [4.78, 5) is 22.0. The molecule has 1 N–H and O–H groups in total. The summed E-state index contributed by atoms with van der Waals surface area (Å²) in [6.45, 7) is 6.86. The zero-order chi connectivity index (χ0) is 26.0. The largest absolute Gasteiger partial charge is 0.496 e. The van der Waals surface area contributed by atoms with Gasteiger partial charge in [0, 0.05) is 35.5 Å². The lowest BCUT2D eigenvalue weighted by Gasteiger charge is -2.13. The molecule has 35 heavy (non-hydrogen) atoms. The molecule has 0 unspecified atom stereocenters. The summed E-state index contributed by atoms with van der Waals surface area (Å²) < 4.78 is 27.5. The molecule has 2 aromatic carbocycles. The molecule has 1 aliphatic heterocycles. The molecular weight excluding hydrogens is 452 g/mol. The predicted molar refractivity (Wildman–Crippen MR) is 136 cm³/mol. The van der Waals surface area contributed by atoms with Crippen LogP contribution in [0.4, 0.5) is 14.6 Å². The van der Waals surface area contributed by atoms with E-state index >= 15 is 0 Å². The first-order valence-electron chi connectivity index (χ1n) is 10.7. The number of pyridine rings is 1.